The Morgan fingerprint density at radius 1 is 1.00 bits per heavy atom. The molecule has 1 aliphatic heterocycles. The summed E-state index contributed by atoms with van der Waals surface area (Å²) in [5, 5.41) is 5.63. The fourth-order valence-electron chi connectivity index (χ4n) is 4.16. The molecule has 1 N–H and O–H groups in total. The maximum atomic E-state index is 12.7. The molecule has 2 amide bonds. The van der Waals surface area contributed by atoms with E-state index in [0.717, 1.165) is 37.4 Å². The van der Waals surface area contributed by atoms with E-state index < -0.39 is 0 Å². The molecule has 1 saturated heterocycles. The van der Waals surface area contributed by atoms with E-state index >= 15 is 0 Å². The second-order valence-electron chi connectivity index (χ2n) is 7.83. The van der Waals surface area contributed by atoms with E-state index in [0.29, 0.717) is 6.04 Å². The van der Waals surface area contributed by atoms with Crippen molar-refractivity contribution in [3.05, 3.63) is 42.0 Å². The Balaban J connectivity index is 1.74. The summed E-state index contributed by atoms with van der Waals surface area (Å²) in [6.07, 6.45) is 0. The highest BCUT2D eigenvalue weighted by molar-refractivity contribution is 6.12. The average Bonchev–Trinajstić information content (AvgIpc) is 2.99. The number of aryl methyl sites for hydroxylation is 1. The van der Waals surface area contributed by atoms with Gasteiger partial charge in [-0.1, -0.05) is 18.2 Å². The first-order valence-electron chi connectivity index (χ1n) is 9.74. The molecular weight excluding hydrogens is 336 g/mol. The van der Waals surface area contributed by atoms with Crippen molar-refractivity contribution < 1.29 is 4.79 Å². The lowest BCUT2D eigenvalue weighted by Crippen LogP contribution is -2.48. The van der Waals surface area contributed by atoms with Crippen molar-refractivity contribution in [1.29, 1.82) is 0 Å². The molecule has 0 radical (unpaired) electrons. The van der Waals surface area contributed by atoms with Crippen LogP contribution in [0.25, 0.3) is 21.8 Å². The fourth-order valence-corrected chi connectivity index (χ4v) is 4.16. The summed E-state index contributed by atoms with van der Waals surface area (Å²) in [6.45, 7) is 9.93. The van der Waals surface area contributed by atoms with Crippen molar-refractivity contribution in [3.63, 3.8) is 0 Å². The molecule has 142 valence electrons. The number of likely N-dealkylation sites (N-methyl/N-ethyl adjacent to an activating group) is 1. The number of rotatable bonds is 2. The summed E-state index contributed by atoms with van der Waals surface area (Å²) in [5.41, 5.74) is 4.50. The number of nitrogens with zero attached hydrogens (tertiary/aromatic N) is 3. The molecule has 1 aliphatic rings. The molecule has 4 rings (SSSR count). The Bertz CT molecular complexity index is 996. The summed E-state index contributed by atoms with van der Waals surface area (Å²) in [6, 6.07) is 13.1. The molecule has 0 saturated carbocycles. The van der Waals surface area contributed by atoms with Crippen LogP contribution < -0.4 is 5.32 Å². The first kappa shape index (κ1) is 17.9. The molecule has 5 heteroatoms. The highest BCUT2D eigenvalue weighted by atomic mass is 16.2. The maximum Gasteiger partial charge on any atom is 0.321 e. The number of para-hydroxylation sites is 1. The van der Waals surface area contributed by atoms with E-state index in [1.165, 1.54) is 21.8 Å². The Labute approximate surface area is 160 Å². The van der Waals surface area contributed by atoms with Gasteiger partial charge in [-0.05, 0) is 51.6 Å². The van der Waals surface area contributed by atoms with Crippen LogP contribution >= 0.6 is 0 Å². The van der Waals surface area contributed by atoms with Crippen LogP contribution in [0.3, 0.4) is 0 Å². The molecule has 3 aromatic rings. The third kappa shape index (κ3) is 3.06. The predicted molar refractivity (Wildman–Crippen MR) is 113 cm³/mol. The number of piperazine rings is 1. The van der Waals surface area contributed by atoms with Crippen LogP contribution in [0, 0.1) is 6.92 Å². The SMILES string of the molecule is Cc1c(NC(=O)N2CCN(C)CC2)ccc2c1c1ccccc1n2C(C)C. The fraction of sp³-hybridized carbons (Fsp3) is 0.409. The molecular formula is C22H28N4O. The number of anilines is 1. The predicted octanol–water partition coefficient (Wildman–Crippen LogP) is 4.46. The molecule has 5 nitrogen and oxygen atoms in total. The number of urea groups is 1. The van der Waals surface area contributed by atoms with Gasteiger partial charge in [0, 0.05) is 59.7 Å². The first-order chi connectivity index (χ1) is 13.0. The number of hydrogen-bond acceptors (Lipinski definition) is 2. The molecule has 2 aromatic carbocycles. The Kier molecular flexibility index (Phi) is 4.56. The maximum absolute atomic E-state index is 12.7. The van der Waals surface area contributed by atoms with Gasteiger partial charge in [-0.3, -0.25) is 0 Å². The van der Waals surface area contributed by atoms with Crippen LogP contribution in [0.2, 0.25) is 0 Å². The second-order valence-corrected chi connectivity index (χ2v) is 7.83. The number of nitrogens with one attached hydrogen (secondary N) is 1. The first-order valence-corrected chi connectivity index (χ1v) is 9.74. The van der Waals surface area contributed by atoms with Gasteiger partial charge in [-0.25, -0.2) is 4.79 Å². The molecule has 1 aromatic heterocycles. The van der Waals surface area contributed by atoms with Crippen LogP contribution in [0.1, 0.15) is 25.5 Å². The molecule has 27 heavy (non-hydrogen) atoms. The Morgan fingerprint density at radius 2 is 1.70 bits per heavy atom. The minimum absolute atomic E-state index is 0.00172. The van der Waals surface area contributed by atoms with Gasteiger partial charge >= 0.3 is 6.03 Å². The zero-order valence-electron chi connectivity index (χ0n) is 16.6. The Hall–Kier alpha value is -2.53. The summed E-state index contributed by atoms with van der Waals surface area (Å²) in [5.74, 6) is 0. The van der Waals surface area contributed by atoms with Gasteiger partial charge in [0.2, 0.25) is 0 Å². The standard InChI is InChI=1S/C22H28N4O/c1-15(2)26-19-8-6-5-7-17(19)21-16(3)18(9-10-20(21)26)23-22(27)25-13-11-24(4)12-14-25/h5-10,15H,11-14H2,1-4H3,(H,23,27). The minimum Gasteiger partial charge on any atom is -0.338 e. The topological polar surface area (TPSA) is 40.5 Å². The van der Waals surface area contributed by atoms with Crippen LogP contribution in [-0.4, -0.2) is 53.6 Å². The van der Waals surface area contributed by atoms with Crippen LogP contribution in [-0.2, 0) is 0 Å². The monoisotopic (exact) mass is 364 g/mol. The van der Waals surface area contributed by atoms with E-state index in [2.05, 4.69) is 72.9 Å². The lowest BCUT2D eigenvalue weighted by molar-refractivity contribution is 0.164. The van der Waals surface area contributed by atoms with Gasteiger partial charge in [-0.2, -0.15) is 0 Å². The van der Waals surface area contributed by atoms with Crippen LogP contribution in [0.15, 0.2) is 36.4 Å². The lowest BCUT2D eigenvalue weighted by atomic mass is 10.1. The van der Waals surface area contributed by atoms with Gasteiger partial charge < -0.3 is 19.7 Å². The number of fused-ring (bicyclic) bond motifs is 3. The average molecular weight is 364 g/mol. The van der Waals surface area contributed by atoms with Crippen molar-refractivity contribution >= 4 is 33.5 Å². The van der Waals surface area contributed by atoms with Crippen molar-refractivity contribution in [2.45, 2.75) is 26.8 Å². The summed E-state index contributed by atoms with van der Waals surface area (Å²) >= 11 is 0. The van der Waals surface area contributed by atoms with Crippen molar-refractivity contribution in [1.82, 2.24) is 14.4 Å². The number of carbonyl (C=O) groups excluding carboxylic acids is 1. The highest BCUT2D eigenvalue weighted by Gasteiger charge is 2.21. The van der Waals surface area contributed by atoms with Crippen molar-refractivity contribution in [3.8, 4) is 0 Å². The van der Waals surface area contributed by atoms with Crippen LogP contribution in [0.5, 0.6) is 0 Å². The molecule has 0 bridgehead atoms. The molecule has 0 atom stereocenters. The third-order valence-electron chi connectivity index (χ3n) is 5.68. The molecule has 2 heterocycles. The second kappa shape index (κ2) is 6.89. The van der Waals surface area contributed by atoms with E-state index in [1.807, 2.05) is 11.0 Å². The van der Waals surface area contributed by atoms with E-state index in [-0.39, 0.29) is 6.03 Å². The lowest BCUT2D eigenvalue weighted by Gasteiger charge is -2.32. The van der Waals surface area contributed by atoms with Gasteiger partial charge in [0.05, 0.1) is 0 Å². The van der Waals surface area contributed by atoms with Crippen LogP contribution in [0.4, 0.5) is 10.5 Å². The van der Waals surface area contributed by atoms with E-state index in [9.17, 15) is 4.79 Å². The summed E-state index contributed by atoms with van der Waals surface area (Å²) in [7, 11) is 2.10. The number of hydrogen-bond donors (Lipinski definition) is 1. The van der Waals surface area contributed by atoms with Gasteiger partial charge in [0.1, 0.15) is 0 Å². The normalized spacial score (nSPS) is 15.8. The number of carbonyl (C=O) groups is 1. The molecule has 0 aliphatic carbocycles. The van der Waals surface area contributed by atoms with Crippen molar-refractivity contribution in [2.75, 3.05) is 38.5 Å². The van der Waals surface area contributed by atoms with Crippen molar-refractivity contribution in [2.24, 2.45) is 0 Å². The molecule has 0 unspecified atom stereocenters. The largest absolute Gasteiger partial charge is 0.338 e. The Morgan fingerprint density at radius 3 is 2.41 bits per heavy atom. The summed E-state index contributed by atoms with van der Waals surface area (Å²) in [4.78, 5) is 16.9. The van der Waals surface area contributed by atoms with Gasteiger partial charge in [0.15, 0.2) is 0 Å². The molecule has 1 fully saturated rings. The quantitative estimate of drug-likeness (QED) is 0.729. The zero-order chi connectivity index (χ0) is 19.1. The van der Waals surface area contributed by atoms with E-state index in [1.54, 1.807) is 0 Å². The van der Waals surface area contributed by atoms with Gasteiger partial charge in [-0.15, -0.1) is 0 Å². The zero-order valence-corrected chi connectivity index (χ0v) is 16.6. The number of amides is 2. The summed E-state index contributed by atoms with van der Waals surface area (Å²) < 4.78 is 2.38. The highest BCUT2D eigenvalue weighted by Crippen LogP contribution is 2.36. The number of aromatic nitrogens is 1. The van der Waals surface area contributed by atoms with E-state index in [4.69, 9.17) is 0 Å². The molecule has 0 spiro atoms. The minimum atomic E-state index is -0.00172. The smallest absolute Gasteiger partial charge is 0.321 e. The van der Waals surface area contributed by atoms with Gasteiger partial charge in [0.25, 0.3) is 0 Å². The number of benzene rings is 2. The third-order valence-corrected chi connectivity index (χ3v) is 5.68.